The number of nitrogens with one attached hydrogen (secondary N) is 2. The van der Waals surface area contributed by atoms with Crippen LogP contribution in [-0.2, 0) is 13.1 Å². The van der Waals surface area contributed by atoms with Gasteiger partial charge in [0.05, 0.1) is 21.3 Å². The quantitative estimate of drug-likeness (QED) is 0.305. The van der Waals surface area contributed by atoms with Gasteiger partial charge in [-0.3, -0.25) is 9.89 Å². The van der Waals surface area contributed by atoms with Gasteiger partial charge in [0.15, 0.2) is 5.96 Å². The third-order valence-electron chi connectivity index (χ3n) is 5.27. The number of guanidine groups is 1. The smallest absolute Gasteiger partial charge is 0.191 e. The second-order valence-electron chi connectivity index (χ2n) is 7.36. The van der Waals surface area contributed by atoms with Crippen molar-refractivity contribution in [2.24, 2.45) is 4.99 Å². The van der Waals surface area contributed by atoms with E-state index in [9.17, 15) is 0 Å². The first kappa shape index (κ1) is 25.1. The number of hydrogen-bond donors (Lipinski definition) is 2. The van der Waals surface area contributed by atoms with Crippen LogP contribution in [0.2, 0.25) is 0 Å². The number of rotatable bonds is 8. The maximum atomic E-state index is 5.38. The summed E-state index contributed by atoms with van der Waals surface area (Å²) in [5.41, 5.74) is 2.37. The van der Waals surface area contributed by atoms with Crippen LogP contribution < -0.4 is 24.8 Å². The van der Waals surface area contributed by atoms with Crippen LogP contribution in [0.3, 0.4) is 0 Å². The van der Waals surface area contributed by atoms with Crippen molar-refractivity contribution >= 4 is 29.9 Å². The van der Waals surface area contributed by atoms with Gasteiger partial charge < -0.3 is 24.8 Å². The second kappa shape index (κ2) is 12.6. The van der Waals surface area contributed by atoms with Gasteiger partial charge in [-0.15, -0.1) is 24.0 Å². The molecule has 0 bridgehead atoms. The van der Waals surface area contributed by atoms with Gasteiger partial charge in [0.2, 0.25) is 0 Å². The van der Waals surface area contributed by atoms with Crippen LogP contribution in [0.1, 0.15) is 17.5 Å². The minimum atomic E-state index is 0. The molecular formula is C23H33IN4O3. The number of methoxy groups -OCH3 is 3. The Morgan fingerprint density at radius 2 is 1.61 bits per heavy atom. The minimum Gasteiger partial charge on any atom is -0.497 e. The summed E-state index contributed by atoms with van der Waals surface area (Å²) in [6.07, 6.45) is 1.07. The molecule has 7 nitrogen and oxygen atoms in total. The maximum Gasteiger partial charge on any atom is 0.191 e. The minimum absolute atomic E-state index is 0. The first-order valence-corrected chi connectivity index (χ1v) is 10.2. The Morgan fingerprint density at radius 3 is 2.19 bits per heavy atom. The van der Waals surface area contributed by atoms with Gasteiger partial charge in [0.25, 0.3) is 0 Å². The molecule has 0 aliphatic carbocycles. The molecule has 1 fully saturated rings. The van der Waals surface area contributed by atoms with E-state index < -0.39 is 0 Å². The highest BCUT2D eigenvalue weighted by Gasteiger charge is 2.23. The molecule has 1 unspecified atom stereocenters. The second-order valence-corrected chi connectivity index (χ2v) is 7.36. The number of likely N-dealkylation sites (tertiary alicyclic amines) is 1. The third kappa shape index (κ3) is 7.46. The zero-order valence-corrected chi connectivity index (χ0v) is 21.0. The first-order chi connectivity index (χ1) is 14.6. The summed E-state index contributed by atoms with van der Waals surface area (Å²) < 4.78 is 16.0. The van der Waals surface area contributed by atoms with E-state index in [-0.39, 0.29) is 24.0 Å². The van der Waals surface area contributed by atoms with Gasteiger partial charge in [-0.25, -0.2) is 0 Å². The molecule has 1 heterocycles. The van der Waals surface area contributed by atoms with Crippen molar-refractivity contribution in [3.05, 3.63) is 53.6 Å². The van der Waals surface area contributed by atoms with Crippen LogP contribution in [0.15, 0.2) is 47.5 Å². The Bertz CT molecular complexity index is 823. The monoisotopic (exact) mass is 540 g/mol. The highest BCUT2D eigenvalue weighted by Crippen LogP contribution is 2.24. The molecule has 1 atom stereocenters. The topological polar surface area (TPSA) is 67.4 Å². The van der Waals surface area contributed by atoms with Crippen LogP contribution >= 0.6 is 24.0 Å². The number of halogens is 1. The Hall–Kier alpha value is -2.20. The summed E-state index contributed by atoms with van der Waals surface area (Å²) in [6, 6.07) is 14.4. The molecule has 170 valence electrons. The molecule has 0 saturated carbocycles. The van der Waals surface area contributed by atoms with Crippen molar-refractivity contribution in [3.63, 3.8) is 0 Å². The largest absolute Gasteiger partial charge is 0.497 e. The summed E-state index contributed by atoms with van der Waals surface area (Å²) in [7, 11) is 6.84. The van der Waals surface area contributed by atoms with Crippen molar-refractivity contribution in [1.82, 2.24) is 15.5 Å². The average molecular weight is 540 g/mol. The molecule has 2 aromatic carbocycles. The predicted molar refractivity (Wildman–Crippen MR) is 135 cm³/mol. The van der Waals surface area contributed by atoms with Crippen LogP contribution in [-0.4, -0.2) is 58.4 Å². The van der Waals surface area contributed by atoms with Crippen molar-refractivity contribution in [2.45, 2.75) is 25.6 Å². The maximum absolute atomic E-state index is 5.38. The van der Waals surface area contributed by atoms with Crippen molar-refractivity contribution in [2.75, 3.05) is 41.5 Å². The van der Waals surface area contributed by atoms with Gasteiger partial charge in [-0.05, 0) is 41.8 Å². The lowest BCUT2D eigenvalue weighted by Crippen LogP contribution is -2.44. The molecule has 2 aromatic rings. The Kier molecular flexibility index (Phi) is 10.2. The lowest BCUT2D eigenvalue weighted by atomic mass is 10.2. The summed E-state index contributed by atoms with van der Waals surface area (Å²) in [4.78, 5) is 6.81. The lowest BCUT2D eigenvalue weighted by molar-refractivity contribution is 0.321. The van der Waals surface area contributed by atoms with Crippen LogP contribution in [0.4, 0.5) is 0 Å². The van der Waals surface area contributed by atoms with Crippen molar-refractivity contribution in [1.29, 1.82) is 0 Å². The third-order valence-corrected chi connectivity index (χ3v) is 5.27. The molecule has 1 aliphatic rings. The Balaban J connectivity index is 0.00000341. The van der Waals surface area contributed by atoms with E-state index in [0.717, 1.165) is 49.3 Å². The van der Waals surface area contributed by atoms with E-state index in [2.05, 4.69) is 44.8 Å². The van der Waals surface area contributed by atoms with Gasteiger partial charge in [0.1, 0.15) is 17.2 Å². The van der Waals surface area contributed by atoms with E-state index in [1.54, 1.807) is 28.4 Å². The predicted octanol–water partition coefficient (Wildman–Crippen LogP) is 3.27. The van der Waals surface area contributed by atoms with E-state index in [4.69, 9.17) is 14.2 Å². The molecule has 2 N–H and O–H groups in total. The van der Waals surface area contributed by atoms with Crippen molar-refractivity contribution < 1.29 is 14.2 Å². The number of nitrogens with zero attached hydrogens (tertiary/aromatic N) is 2. The summed E-state index contributed by atoms with van der Waals surface area (Å²) in [6.45, 7) is 3.57. The van der Waals surface area contributed by atoms with Gasteiger partial charge in [-0.2, -0.15) is 0 Å². The SMILES string of the molecule is CN=C(NCc1ccc(OC)cc1)NC1CCN(Cc2cc(OC)cc(OC)c2)C1.I. The van der Waals surface area contributed by atoms with E-state index in [0.29, 0.717) is 12.6 Å². The summed E-state index contributed by atoms with van der Waals surface area (Å²) in [5.74, 6) is 3.32. The molecule has 0 aromatic heterocycles. The summed E-state index contributed by atoms with van der Waals surface area (Å²) >= 11 is 0. The van der Waals surface area contributed by atoms with E-state index in [1.165, 1.54) is 11.1 Å². The van der Waals surface area contributed by atoms with Gasteiger partial charge in [0, 0.05) is 45.3 Å². The molecule has 1 saturated heterocycles. The normalized spacial score (nSPS) is 16.4. The lowest BCUT2D eigenvalue weighted by Gasteiger charge is -2.19. The number of hydrogen-bond acceptors (Lipinski definition) is 5. The fourth-order valence-corrected chi connectivity index (χ4v) is 3.63. The molecular weight excluding hydrogens is 507 g/mol. The highest BCUT2D eigenvalue weighted by atomic mass is 127. The zero-order valence-electron chi connectivity index (χ0n) is 18.7. The van der Waals surface area contributed by atoms with Crippen LogP contribution in [0.5, 0.6) is 17.2 Å². The molecule has 0 spiro atoms. The van der Waals surface area contributed by atoms with Crippen LogP contribution in [0, 0.1) is 0 Å². The zero-order chi connectivity index (χ0) is 21.3. The molecule has 0 amide bonds. The number of benzene rings is 2. The fraction of sp³-hybridized carbons (Fsp3) is 0.435. The number of ether oxygens (including phenoxy) is 3. The Morgan fingerprint density at radius 1 is 0.968 bits per heavy atom. The molecule has 31 heavy (non-hydrogen) atoms. The fourth-order valence-electron chi connectivity index (χ4n) is 3.63. The Labute approximate surface area is 202 Å². The van der Waals surface area contributed by atoms with Crippen LogP contribution in [0.25, 0.3) is 0 Å². The molecule has 0 radical (unpaired) electrons. The molecule has 3 rings (SSSR count). The highest BCUT2D eigenvalue weighted by molar-refractivity contribution is 14.0. The average Bonchev–Trinajstić information content (AvgIpc) is 3.23. The standard InChI is InChI=1S/C23H32N4O3.HI/c1-24-23(25-14-17-5-7-20(28-2)8-6-17)26-19-9-10-27(16-19)15-18-11-21(29-3)13-22(12-18)30-4;/h5-8,11-13,19H,9-10,14-16H2,1-4H3,(H2,24,25,26);1H. The van der Waals surface area contributed by atoms with Crippen molar-refractivity contribution in [3.8, 4) is 17.2 Å². The van der Waals surface area contributed by atoms with E-state index >= 15 is 0 Å². The summed E-state index contributed by atoms with van der Waals surface area (Å²) in [5, 5.41) is 6.93. The first-order valence-electron chi connectivity index (χ1n) is 10.2. The van der Waals surface area contributed by atoms with Gasteiger partial charge >= 0.3 is 0 Å². The number of aliphatic imine (C=N–C) groups is 1. The van der Waals surface area contributed by atoms with E-state index in [1.807, 2.05) is 18.2 Å². The molecule has 8 heteroatoms. The van der Waals surface area contributed by atoms with Gasteiger partial charge in [-0.1, -0.05) is 12.1 Å². The molecule has 1 aliphatic heterocycles.